The minimum Gasteiger partial charge on any atom is -0.372 e. The number of rotatable bonds is 3. The molecule has 0 atom stereocenters. The summed E-state index contributed by atoms with van der Waals surface area (Å²) >= 11 is 0. The van der Waals surface area contributed by atoms with Crippen LogP contribution in [0.5, 0.6) is 0 Å². The van der Waals surface area contributed by atoms with Gasteiger partial charge >= 0.3 is 0 Å². The van der Waals surface area contributed by atoms with Gasteiger partial charge in [-0.3, -0.25) is 0 Å². The highest BCUT2D eigenvalue weighted by Crippen LogP contribution is 2.14. The van der Waals surface area contributed by atoms with E-state index in [4.69, 9.17) is 6.92 Å². The van der Waals surface area contributed by atoms with Crippen LogP contribution in [0.4, 0.5) is 5.69 Å². The van der Waals surface area contributed by atoms with Crippen LogP contribution >= 0.6 is 0 Å². The number of benzene rings is 1. The van der Waals surface area contributed by atoms with Crippen molar-refractivity contribution in [1.29, 1.82) is 0 Å². The topological polar surface area (TPSA) is 3.24 Å². The molecule has 1 heteroatoms. The van der Waals surface area contributed by atoms with E-state index in [0.717, 1.165) is 18.7 Å². The summed E-state index contributed by atoms with van der Waals surface area (Å²) in [7, 11) is 0. The van der Waals surface area contributed by atoms with Crippen molar-refractivity contribution < 1.29 is 0 Å². The number of nitrogens with zero attached hydrogens (tertiary/aromatic N) is 1. The van der Waals surface area contributed by atoms with Crippen LogP contribution in [0.25, 0.3) is 0 Å². The summed E-state index contributed by atoms with van der Waals surface area (Å²) in [6, 6.07) is 7.99. The second kappa shape index (κ2) is 4.15. The van der Waals surface area contributed by atoms with Gasteiger partial charge in [0, 0.05) is 18.8 Å². The van der Waals surface area contributed by atoms with Crippen LogP contribution in [-0.4, -0.2) is 13.1 Å². The van der Waals surface area contributed by atoms with E-state index in [1.54, 1.807) is 0 Å². The lowest BCUT2D eigenvalue weighted by Gasteiger charge is -2.21. The first-order valence-corrected chi connectivity index (χ1v) is 4.38. The lowest BCUT2D eigenvalue weighted by atomic mass is 10.2. The van der Waals surface area contributed by atoms with E-state index in [1.165, 1.54) is 5.69 Å². The summed E-state index contributed by atoms with van der Waals surface area (Å²) < 4.78 is 0. The molecular weight excluding hydrogens is 146 g/mol. The molecule has 0 saturated heterocycles. The zero-order valence-corrected chi connectivity index (χ0v) is 7.75. The molecule has 64 valence electrons. The Morgan fingerprint density at radius 1 is 1.25 bits per heavy atom. The Hall–Kier alpha value is -0.980. The molecular formula is C11H15N. The first kappa shape index (κ1) is 9.11. The standard InChI is InChI=1S/C11H15N/c1-4-12(5-2)11-8-6-7-10(3)9-11/h3,6-9H,4-5H2,1-2H3. The van der Waals surface area contributed by atoms with Crippen LogP contribution in [-0.2, 0) is 0 Å². The smallest absolute Gasteiger partial charge is 0.0368 e. The van der Waals surface area contributed by atoms with Crippen LogP contribution in [0, 0.1) is 6.92 Å². The molecule has 0 spiro atoms. The molecule has 0 N–H and O–H groups in total. The maximum atomic E-state index is 5.68. The number of hydrogen-bond donors (Lipinski definition) is 0. The van der Waals surface area contributed by atoms with Crippen molar-refractivity contribution in [3.05, 3.63) is 36.8 Å². The molecule has 1 aromatic rings. The molecule has 0 heterocycles. The molecule has 0 aliphatic rings. The van der Waals surface area contributed by atoms with Crippen molar-refractivity contribution in [2.75, 3.05) is 18.0 Å². The number of anilines is 1. The van der Waals surface area contributed by atoms with Crippen molar-refractivity contribution in [2.24, 2.45) is 0 Å². The molecule has 0 aliphatic heterocycles. The third-order valence-corrected chi connectivity index (χ3v) is 2.00. The van der Waals surface area contributed by atoms with Gasteiger partial charge in [-0.2, -0.15) is 0 Å². The van der Waals surface area contributed by atoms with Gasteiger partial charge in [-0.05, 0) is 38.5 Å². The Morgan fingerprint density at radius 2 is 1.92 bits per heavy atom. The Morgan fingerprint density at radius 3 is 2.42 bits per heavy atom. The zero-order chi connectivity index (χ0) is 8.97. The summed E-state index contributed by atoms with van der Waals surface area (Å²) in [5, 5.41) is 0. The highest BCUT2D eigenvalue weighted by atomic mass is 15.1. The molecule has 0 fully saturated rings. The van der Waals surface area contributed by atoms with Gasteiger partial charge in [0.2, 0.25) is 0 Å². The van der Waals surface area contributed by atoms with Gasteiger partial charge < -0.3 is 4.90 Å². The van der Waals surface area contributed by atoms with Crippen LogP contribution in [0.15, 0.2) is 24.3 Å². The summed E-state index contributed by atoms with van der Waals surface area (Å²) in [6.45, 7) is 12.0. The normalized spacial score (nSPS) is 9.92. The molecule has 0 aliphatic carbocycles. The van der Waals surface area contributed by atoms with Gasteiger partial charge in [-0.15, -0.1) is 0 Å². The van der Waals surface area contributed by atoms with Gasteiger partial charge in [0.15, 0.2) is 0 Å². The maximum absolute atomic E-state index is 5.68. The molecule has 1 nitrogen and oxygen atoms in total. The van der Waals surface area contributed by atoms with E-state index in [-0.39, 0.29) is 0 Å². The van der Waals surface area contributed by atoms with E-state index in [9.17, 15) is 0 Å². The summed E-state index contributed by atoms with van der Waals surface area (Å²) in [6.07, 6.45) is 0. The van der Waals surface area contributed by atoms with Crippen molar-refractivity contribution >= 4 is 5.69 Å². The fourth-order valence-corrected chi connectivity index (χ4v) is 1.31. The largest absolute Gasteiger partial charge is 0.372 e. The fraction of sp³-hybridized carbons (Fsp3) is 0.364. The molecule has 1 rings (SSSR count). The summed E-state index contributed by atoms with van der Waals surface area (Å²) in [5.74, 6) is 0. The predicted octanol–water partition coefficient (Wildman–Crippen LogP) is 2.59. The molecule has 1 aromatic carbocycles. The molecule has 0 bridgehead atoms. The third-order valence-electron chi connectivity index (χ3n) is 2.00. The molecule has 0 amide bonds. The van der Waals surface area contributed by atoms with Crippen molar-refractivity contribution in [3.8, 4) is 0 Å². The lowest BCUT2D eigenvalue weighted by molar-refractivity contribution is 0.866. The second-order valence-corrected chi connectivity index (χ2v) is 2.77. The van der Waals surface area contributed by atoms with Crippen molar-refractivity contribution in [2.45, 2.75) is 13.8 Å². The van der Waals surface area contributed by atoms with E-state index in [0.29, 0.717) is 0 Å². The monoisotopic (exact) mass is 161 g/mol. The van der Waals surface area contributed by atoms with Crippen LogP contribution in [0.3, 0.4) is 0 Å². The molecule has 2 radical (unpaired) electrons. The van der Waals surface area contributed by atoms with E-state index in [1.807, 2.05) is 18.2 Å². The average Bonchev–Trinajstić information content (AvgIpc) is 2.07. The Kier molecular flexibility index (Phi) is 3.15. The molecule has 0 aromatic heterocycles. The minimum absolute atomic E-state index is 0.833. The van der Waals surface area contributed by atoms with Crippen LogP contribution < -0.4 is 4.90 Å². The second-order valence-electron chi connectivity index (χ2n) is 2.77. The van der Waals surface area contributed by atoms with Crippen molar-refractivity contribution in [1.82, 2.24) is 0 Å². The zero-order valence-electron chi connectivity index (χ0n) is 7.75. The van der Waals surface area contributed by atoms with Crippen molar-refractivity contribution in [3.63, 3.8) is 0 Å². The van der Waals surface area contributed by atoms with E-state index < -0.39 is 0 Å². The van der Waals surface area contributed by atoms with E-state index >= 15 is 0 Å². The Bertz CT molecular complexity index is 239. The SMILES string of the molecule is [CH]c1cccc(N(CC)CC)c1. The van der Waals surface area contributed by atoms with Gasteiger partial charge in [-0.25, -0.2) is 0 Å². The first-order chi connectivity index (χ1) is 5.77. The summed E-state index contributed by atoms with van der Waals surface area (Å²) in [4.78, 5) is 2.27. The average molecular weight is 161 g/mol. The minimum atomic E-state index is 0.833. The highest BCUT2D eigenvalue weighted by Gasteiger charge is 1.99. The third kappa shape index (κ3) is 2.00. The fourth-order valence-electron chi connectivity index (χ4n) is 1.31. The van der Waals surface area contributed by atoms with Gasteiger partial charge in [0.25, 0.3) is 0 Å². The van der Waals surface area contributed by atoms with Crippen LogP contribution in [0.2, 0.25) is 0 Å². The molecule has 0 unspecified atom stereocenters. The first-order valence-electron chi connectivity index (χ1n) is 4.38. The lowest BCUT2D eigenvalue weighted by Crippen LogP contribution is -2.21. The summed E-state index contributed by atoms with van der Waals surface area (Å²) in [5.41, 5.74) is 2.04. The maximum Gasteiger partial charge on any atom is 0.0368 e. The van der Waals surface area contributed by atoms with Gasteiger partial charge in [-0.1, -0.05) is 12.1 Å². The van der Waals surface area contributed by atoms with Gasteiger partial charge in [0.05, 0.1) is 0 Å². The number of hydrogen-bond acceptors (Lipinski definition) is 1. The highest BCUT2D eigenvalue weighted by molar-refractivity contribution is 5.48. The van der Waals surface area contributed by atoms with Crippen LogP contribution in [0.1, 0.15) is 19.4 Å². The molecule has 0 saturated carbocycles. The predicted molar refractivity (Wildman–Crippen MR) is 53.4 cm³/mol. The quantitative estimate of drug-likeness (QED) is 0.658. The van der Waals surface area contributed by atoms with Gasteiger partial charge in [0.1, 0.15) is 0 Å². The Balaban J connectivity index is 2.85. The molecule has 12 heavy (non-hydrogen) atoms. The Labute approximate surface area is 75.0 Å². The van der Waals surface area contributed by atoms with E-state index in [2.05, 4.69) is 24.8 Å².